The van der Waals surface area contributed by atoms with Gasteiger partial charge in [-0.05, 0) is 24.3 Å². The van der Waals surface area contributed by atoms with E-state index >= 15 is 0 Å². The molecule has 0 aliphatic rings. The molecule has 0 saturated carbocycles. The van der Waals surface area contributed by atoms with E-state index in [1.54, 1.807) is 18.2 Å². The summed E-state index contributed by atoms with van der Waals surface area (Å²) in [5.74, 6) is -1.87. The average molecular weight is 341 g/mol. The highest BCUT2D eigenvalue weighted by Crippen LogP contribution is 2.29. The van der Waals surface area contributed by atoms with Gasteiger partial charge in [0, 0.05) is 0 Å². The lowest BCUT2D eigenvalue weighted by Crippen LogP contribution is -2.33. The molecule has 0 bridgehead atoms. The van der Waals surface area contributed by atoms with Gasteiger partial charge in [0.15, 0.2) is 0 Å². The normalized spacial score (nSPS) is 10.1. The third kappa shape index (κ3) is 3.96. The topological polar surface area (TPSA) is 58.2 Å². The Bertz CT molecular complexity index is 702. The molecule has 22 heavy (non-hydrogen) atoms. The fourth-order valence-electron chi connectivity index (χ4n) is 1.70. The van der Waals surface area contributed by atoms with Gasteiger partial charge in [-0.1, -0.05) is 41.4 Å². The van der Waals surface area contributed by atoms with Gasteiger partial charge in [-0.2, -0.15) is 0 Å². The number of amides is 2. The number of rotatable bonds is 4. The summed E-state index contributed by atoms with van der Waals surface area (Å²) in [6.45, 7) is -0.339. The summed E-state index contributed by atoms with van der Waals surface area (Å²) in [5, 5.41) is 5.37. The van der Waals surface area contributed by atoms with Crippen LogP contribution in [0.4, 0.5) is 10.1 Å². The van der Waals surface area contributed by atoms with Gasteiger partial charge < -0.3 is 10.6 Å². The number of carbonyl (C=O) groups is 2. The Kier molecular flexibility index (Phi) is 5.35. The van der Waals surface area contributed by atoms with E-state index in [-0.39, 0.29) is 27.8 Å². The smallest absolute Gasteiger partial charge is 0.254 e. The van der Waals surface area contributed by atoms with Crippen molar-refractivity contribution in [2.24, 2.45) is 0 Å². The summed E-state index contributed by atoms with van der Waals surface area (Å²) in [5.41, 5.74) is 0.127. The summed E-state index contributed by atoms with van der Waals surface area (Å²) >= 11 is 11.8. The molecule has 0 heterocycles. The summed E-state index contributed by atoms with van der Waals surface area (Å²) in [6.07, 6.45) is 0. The van der Waals surface area contributed by atoms with Crippen molar-refractivity contribution in [3.8, 4) is 0 Å². The quantitative estimate of drug-likeness (QED) is 0.894. The minimum absolute atomic E-state index is 0.133. The largest absolute Gasteiger partial charge is 0.343 e. The van der Waals surface area contributed by atoms with Crippen LogP contribution >= 0.6 is 23.2 Å². The highest BCUT2D eigenvalue weighted by atomic mass is 35.5. The monoisotopic (exact) mass is 340 g/mol. The fourth-order valence-corrected chi connectivity index (χ4v) is 2.19. The molecule has 0 unspecified atom stereocenters. The van der Waals surface area contributed by atoms with Crippen LogP contribution in [0.3, 0.4) is 0 Å². The van der Waals surface area contributed by atoms with E-state index in [9.17, 15) is 14.0 Å². The predicted octanol–water partition coefficient (Wildman–Crippen LogP) is 3.50. The Labute approximate surface area is 136 Å². The van der Waals surface area contributed by atoms with Gasteiger partial charge in [0.1, 0.15) is 5.82 Å². The second kappa shape index (κ2) is 7.24. The van der Waals surface area contributed by atoms with Crippen LogP contribution in [0.1, 0.15) is 10.4 Å². The number of hydrogen-bond donors (Lipinski definition) is 2. The molecule has 2 N–H and O–H groups in total. The first-order chi connectivity index (χ1) is 10.5. The molecule has 0 atom stereocenters. The van der Waals surface area contributed by atoms with Crippen molar-refractivity contribution < 1.29 is 14.0 Å². The average Bonchev–Trinajstić information content (AvgIpc) is 2.49. The van der Waals surface area contributed by atoms with Crippen LogP contribution in [-0.4, -0.2) is 18.4 Å². The molecule has 0 aliphatic heterocycles. The molecule has 2 aromatic rings. The number of hydrogen-bond acceptors (Lipinski definition) is 2. The highest BCUT2D eigenvalue weighted by molar-refractivity contribution is 6.39. The lowest BCUT2D eigenvalue weighted by molar-refractivity contribution is -0.115. The maximum absolute atomic E-state index is 13.4. The standard InChI is InChI=1S/C15H11Cl2FN2O2/c16-10-5-3-6-11(17)14(10)20-13(21)8-19-15(22)9-4-1-2-7-12(9)18/h1-7H,8H2,(H,19,22)(H,20,21). The second-order valence-electron chi connectivity index (χ2n) is 4.31. The SMILES string of the molecule is O=C(CNC(=O)c1ccccc1F)Nc1c(Cl)cccc1Cl. The maximum atomic E-state index is 13.4. The molecule has 0 saturated heterocycles. The third-order valence-electron chi connectivity index (χ3n) is 2.76. The van der Waals surface area contributed by atoms with Crippen molar-refractivity contribution in [2.75, 3.05) is 11.9 Å². The predicted molar refractivity (Wildman–Crippen MR) is 83.8 cm³/mol. The molecule has 0 radical (unpaired) electrons. The summed E-state index contributed by atoms with van der Waals surface area (Å²) in [4.78, 5) is 23.6. The number of benzene rings is 2. The third-order valence-corrected chi connectivity index (χ3v) is 3.39. The van der Waals surface area contributed by atoms with Crippen LogP contribution in [0.2, 0.25) is 10.0 Å². The molecule has 7 heteroatoms. The second-order valence-corrected chi connectivity index (χ2v) is 5.12. The van der Waals surface area contributed by atoms with E-state index < -0.39 is 17.6 Å². The van der Waals surface area contributed by atoms with E-state index in [4.69, 9.17) is 23.2 Å². The van der Waals surface area contributed by atoms with Crippen LogP contribution in [-0.2, 0) is 4.79 Å². The molecular formula is C15H11Cl2FN2O2. The molecule has 0 fully saturated rings. The van der Waals surface area contributed by atoms with Crippen LogP contribution < -0.4 is 10.6 Å². The van der Waals surface area contributed by atoms with Gasteiger partial charge in [-0.25, -0.2) is 4.39 Å². The molecule has 0 spiro atoms. The maximum Gasteiger partial charge on any atom is 0.254 e. The van der Waals surface area contributed by atoms with Gasteiger partial charge in [-0.3, -0.25) is 9.59 Å². The molecule has 0 aromatic heterocycles. The summed E-state index contributed by atoms with van der Waals surface area (Å²) in [6, 6.07) is 10.3. The first-order valence-electron chi connectivity index (χ1n) is 6.25. The Hall–Kier alpha value is -2.11. The molecule has 2 aromatic carbocycles. The number of carbonyl (C=O) groups excluding carboxylic acids is 2. The van der Waals surface area contributed by atoms with E-state index in [1.165, 1.54) is 24.3 Å². The number of anilines is 1. The molecule has 114 valence electrons. The number of nitrogens with one attached hydrogen (secondary N) is 2. The molecular weight excluding hydrogens is 330 g/mol. The van der Waals surface area contributed by atoms with Gasteiger partial charge in [-0.15, -0.1) is 0 Å². The van der Waals surface area contributed by atoms with E-state index in [2.05, 4.69) is 10.6 Å². The van der Waals surface area contributed by atoms with E-state index in [0.29, 0.717) is 0 Å². The molecule has 2 rings (SSSR count). The lowest BCUT2D eigenvalue weighted by Gasteiger charge is -2.10. The Morgan fingerprint density at radius 3 is 2.27 bits per heavy atom. The van der Waals surface area contributed by atoms with Crippen LogP contribution in [0.5, 0.6) is 0 Å². The van der Waals surface area contributed by atoms with E-state index in [0.717, 1.165) is 0 Å². The minimum Gasteiger partial charge on any atom is -0.343 e. The first kappa shape index (κ1) is 16.3. The van der Waals surface area contributed by atoms with Crippen molar-refractivity contribution in [3.63, 3.8) is 0 Å². The van der Waals surface area contributed by atoms with Crippen molar-refractivity contribution in [2.45, 2.75) is 0 Å². The number of halogens is 3. The number of para-hydroxylation sites is 1. The van der Waals surface area contributed by atoms with Crippen molar-refractivity contribution in [1.29, 1.82) is 0 Å². The summed E-state index contributed by atoms with van der Waals surface area (Å²) in [7, 11) is 0. The minimum atomic E-state index is -0.682. The fraction of sp³-hybridized carbons (Fsp3) is 0.0667. The van der Waals surface area contributed by atoms with Crippen LogP contribution in [0.15, 0.2) is 42.5 Å². The highest BCUT2D eigenvalue weighted by Gasteiger charge is 2.13. The van der Waals surface area contributed by atoms with Crippen LogP contribution in [0, 0.1) is 5.82 Å². The van der Waals surface area contributed by atoms with Crippen molar-refractivity contribution >= 4 is 40.7 Å². The van der Waals surface area contributed by atoms with Gasteiger partial charge in [0.05, 0.1) is 27.8 Å². The van der Waals surface area contributed by atoms with Crippen LogP contribution in [0.25, 0.3) is 0 Å². The molecule has 0 aliphatic carbocycles. The Morgan fingerprint density at radius 2 is 1.64 bits per heavy atom. The summed E-state index contributed by atoms with van der Waals surface area (Å²) < 4.78 is 13.4. The molecule has 2 amide bonds. The van der Waals surface area contributed by atoms with Gasteiger partial charge in [0.25, 0.3) is 5.91 Å². The zero-order valence-corrected chi connectivity index (χ0v) is 12.7. The first-order valence-corrected chi connectivity index (χ1v) is 7.01. The zero-order valence-electron chi connectivity index (χ0n) is 11.2. The Morgan fingerprint density at radius 1 is 1.00 bits per heavy atom. The van der Waals surface area contributed by atoms with Gasteiger partial charge in [0.2, 0.25) is 5.91 Å². The van der Waals surface area contributed by atoms with Crippen molar-refractivity contribution in [3.05, 3.63) is 63.9 Å². The zero-order chi connectivity index (χ0) is 16.1. The Balaban J connectivity index is 1.96. The molecule has 4 nitrogen and oxygen atoms in total. The van der Waals surface area contributed by atoms with E-state index in [1.807, 2.05) is 0 Å². The van der Waals surface area contributed by atoms with Crippen molar-refractivity contribution in [1.82, 2.24) is 5.32 Å². The lowest BCUT2D eigenvalue weighted by atomic mass is 10.2. The van der Waals surface area contributed by atoms with Gasteiger partial charge >= 0.3 is 0 Å².